The van der Waals surface area contributed by atoms with Gasteiger partial charge in [0.25, 0.3) is 5.91 Å². The van der Waals surface area contributed by atoms with Gasteiger partial charge >= 0.3 is 10.2 Å². The molecule has 1 N–H and O–H groups in total. The first-order chi connectivity index (χ1) is 16.3. The first-order valence-electron chi connectivity index (χ1n) is 11.0. The van der Waals surface area contributed by atoms with E-state index in [4.69, 9.17) is 0 Å². The highest BCUT2D eigenvalue weighted by molar-refractivity contribution is 7.86. The summed E-state index contributed by atoms with van der Waals surface area (Å²) in [4.78, 5) is 27.9. The smallest absolute Gasteiger partial charge is 0.332 e. The lowest BCUT2D eigenvalue weighted by Gasteiger charge is -2.32. The van der Waals surface area contributed by atoms with Crippen LogP contribution < -0.4 is 5.32 Å². The molecule has 2 amide bonds. The fourth-order valence-corrected chi connectivity index (χ4v) is 4.04. The van der Waals surface area contributed by atoms with Gasteiger partial charge in [-0.15, -0.1) is 3.89 Å². The maximum atomic E-state index is 13.6. The monoisotopic (exact) mass is 482 g/mol. The number of unbranched alkanes of at least 4 members (excludes halogenated alkanes) is 1. The van der Waals surface area contributed by atoms with Crippen molar-refractivity contribution in [1.29, 1.82) is 0 Å². The van der Waals surface area contributed by atoms with Crippen LogP contribution in [0.15, 0.2) is 89.8 Å². The highest BCUT2D eigenvalue weighted by atomic mass is 32.3. The summed E-state index contributed by atoms with van der Waals surface area (Å²) in [5.41, 5.74) is 1.61. The molecule has 0 saturated heterocycles. The van der Waals surface area contributed by atoms with Crippen LogP contribution in [0.5, 0.6) is 0 Å². The lowest BCUT2D eigenvalue weighted by molar-refractivity contribution is -0.126. The summed E-state index contributed by atoms with van der Waals surface area (Å²) < 4.78 is 36.0. The Labute approximate surface area is 199 Å². The van der Waals surface area contributed by atoms with Gasteiger partial charge in [-0.3, -0.25) is 9.59 Å². The molecule has 0 aliphatic rings. The maximum Gasteiger partial charge on any atom is 0.332 e. The van der Waals surface area contributed by atoms with Crippen LogP contribution in [-0.2, 0) is 21.6 Å². The number of carbonyl (C=O) groups is 2. The second-order valence-corrected chi connectivity index (χ2v) is 9.19. The fourth-order valence-electron chi connectivity index (χ4n) is 3.58. The minimum Gasteiger partial charge on any atom is -0.354 e. The molecule has 0 radical (unpaired) electrons. The number of hydrogen-bond acceptors (Lipinski definition) is 4. The van der Waals surface area contributed by atoms with E-state index in [0.29, 0.717) is 17.7 Å². The highest BCUT2D eigenvalue weighted by Gasteiger charge is 2.32. The number of nitrogens with zero attached hydrogens (tertiary/aromatic N) is 1. The molecule has 8 heteroatoms. The Morgan fingerprint density at radius 1 is 0.912 bits per heavy atom. The molecule has 0 aromatic heterocycles. The second-order valence-electron chi connectivity index (χ2n) is 7.84. The van der Waals surface area contributed by atoms with Crippen molar-refractivity contribution in [2.75, 3.05) is 6.54 Å². The summed E-state index contributed by atoms with van der Waals surface area (Å²) in [7, 11) is -4.89. The Morgan fingerprint density at radius 2 is 1.50 bits per heavy atom. The van der Waals surface area contributed by atoms with Gasteiger partial charge in [0.05, 0.1) is 4.90 Å². The molecule has 0 aliphatic carbocycles. The normalized spacial score (nSPS) is 12.1. The third-order valence-electron chi connectivity index (χ3n) is 5.34. The van der Waals surface area contributed by atoms with Crippen molar-refractivity contribution >= 4 is 22.0 Å². The average molecular weight is 483 g/mol. The molecular weight excluding hydrogens is 455 g/mol. The van der Waals surface area contributed by atoms with Crippen molar-refractivity contribution in [2.45, 2.75) is 37.2 Å². The highest BCUT2D eigenvalue weighted by Crippen LogP contribution is 2.27. The van der Waals surface area contributed by atoms with E-state index < -0.39 is 27.1 Å². The van der Waals surface area contributed by atoms with E-state index in [1.165, 1.54) is 17.0 Å². The molecular formula is C26H27FN2O4S. The first kappa shape index (κ1) is 25.1. The quantitative estimate of drug-likeness (QED) is 0.337. The molecule has 0 spiro atoms. The van der Waals surface area contributed by atoms with Crippen LogP contribution in [0, 0.1) is 0 Å². The molecule has 1 unspecified atom stereocenters. The molecule has 0 heterocycles. The lowest BCUT2D eigenvalue weighted by atomic mass is 10.0. The zero-order chi connectivity index (χ0) is 24.6. The number of hydrogen-bond donors (Lipinski definition) is 1. The van der Waals surface area contributed by atoms with Gasteiger partial charge in [-0.2, -0.15) is 8.42 Å². The Balaban J connectivity index is 2.07. The van der Waals surface area contributed by atoms with Gasteiger partial charge in [0.1, 0.15) is 6.04 Å². The molecule has 34 heavy (non-hydrogen) atoms. The number of rotatable bonds is 10. The van der Waals surface area contributed by atoms with Crippen molar-refractivity contribution < 1.29 is 21.9 Å². The standard InChI is InChI=1S/C26H27FN2O4S/c1-2-3-18-28-25(30)24(21-14-16-23(17-15-21)34(27,32)33)29(19-20-10-6-4-7-11-20)26(31)22-12-8-5-9-13-22/h4-17,24H,2-3,18-19H2,1H3,(H,28,30). The zero-order valence-electron chi connectivity index (χ0n) is 18.9. The number of benzene rings is 3. The molecule has 0 bridgehead atoms. The second kappa shape index (κ2) is 11.6. The molecule has 3 rings (SSSR count). The summed E-state index contributed by atoms with van der Waals surface area (Å²) in [6.07, 6.45) is 1.65. The summed E-state index contributed by atoms with van der Waals surface area (Å²) in [5.74, 6) is -0.758. The minimum atomic E-state index is -4.89. The molecule has 1 atom stereocenters. The van der Waals surface area contributed by atoms with Crippen molar-refractivity contribution in [3.63, 3.8) is 0 Å². The summed E-state index contributed by atoms with van der Waals surface area (Å²) in [5, 5.41) is 2.87. The molecule has 178 valence electrons. The van der Waals surface area contributed by atoms with Gasteiger partial charge < -0.3 is 10.2 Å². The topological polar surface area (TPSA) is 83.6 Å². The third-order valence-corrected chi connectivity index (χ3v) is 6.18. The maximum absolute atomic E-state index is 13.6. The first-order valence-corrected chi connectivity index (χ1v) is 12.4. The predicted octanol–water partition coefficient (Wildman–Crippen LogP) is 4.64. The van der Waals surface area contributed by atoms with Crippen molar-refractivity contribution in [2.24, 2.45) is 0 Å². The Hall–Kier alpha value is -3.52. The summed E-state index contributed by atoms with van der Waals surface area (Å²) in [6, 6.07) is 21.8. The SMILES string of the molecule is CCCCNC(=O)C(c1ccc(S(=O)(=O)F)cc1)N(Cc1ccccc1)C(=O)c1ccccc1. The van der Waals surface area contributed by atoms with Crippen molar-refractivity contribution in [3.8, 4) is 0 Å². The van der Waals surface area contributed by atoms with Crippen molar-refractivity contribution in [1.82, 2.24) is 10.2 Å². The number of carbonyl (C=O) groups excluding carboxylic acids is 2. The number of nitrogens with one attached hydrogen (secondary N) is 1. The van der Waals surface area contributed by atoms with E-state index in [1.807, 2.05) is 37.3 Å². The van der Waals surface area contributed by atoms with Crippen LogP contribution in [-0.4, -0.2) is 31.7 Å². The van der Waals surface area contributed by atoms with Crippen LogP contribution in [0.1, 0.15) is 47.3 Å². The largest absolute Gasteiger partial charge is 0.354 e. The van der Waals surface area contributed by atoms with E-state index in [9.17, 15) is 21.9 Å². The van der Waals surface area contributed by atoms with Gasteiger partial charge in [0.2, 0.25) is 5.91 Å². The van der Waals surface area contributed by atoms with Crippen LogP contribution in [0.4, 0.5) is 3.89 Å². The number of amides is 2. The summed E-state index contributed by atoms with van der Waals surface area (Å²) >= 11 is 0. The molecule has 6 nitrogen and oxygen atoms in total. The minimum absolute atomic E-state index is 0.142. The summed E-state index contributed by atoms with van der Waals surface area (Å²) in [6.45, 7) is 2.57. The van der Waals surface area contributed by atoms with Gasteiger partial charge in [-0.1, -0.05) is 74.0 Å². The third kappa shape index (κ3) is 6.51. The average Bonchev–Trinajstić information content (AvgIpc) is 2.84. The van der Waals surface area contributed by atoms with E-state index in [0.717, 1.165) is 30.5 Å². The molecule has 0 fully saturated rings. The predicted molar refractivity (Wildman–Crippen MR) is 128 cm³/mol. The Morgan fingerprint density at radius 3 is 2.06 bits per heavy atom. The van der Waals surface area contributed by atoms with E-state index in [2.05, 4.69) is 5.32 Å². The van der Waals surface area contributed by atoms with Gasteiger partial charge in [0, 0.05) is 18.7 Å². The van der Waals surface area contributed by atoms with Gasteiger partial charge in [-0.05, 0) is 41.8 Å². The zero-order valence-corrected chi connectivity index (χ0v) is 19.7. The van der Waals surface area contributed by atoms with Crippen LogP contribution in [0.3, 0.4) is 0 Å². The molecule has 0 saturated carbocycles. The van der Waals surface area contributed by atoms with Crippen molar-refractivity contribution in [3.05, 3.63) is 102 Å². The van der Waals surface area contributed by atoms with Crippen LogP contribution >= 0.6 is 0 Å². The van der Waals surface area contributed by atoms with E-state index in [1.54, 1.807) is 30.3 Å². The van der Waals surface area contributed by atoms with Crippen LogP contribution in [0.2, 0.25) is 0 Å². The molecule has 3 aromatic carbocycles. The fraction of sp³-hybridized carbons (Fsp3) is 0.231. The van der Waals surface area contributed by atoms with Gasteiger partial charge in [-0.25, -0.2) is 0 Å². The Bertz CT molecular complexity index is 1200. The van der Waals surface area contributed by atoms with Crippen LogP contribution in [0.25, 0.3) is 0 Å². The molecule has 0 aliphatic heterocycles. The lowest BCUT2D eigenvalue weighted by Crippen LogP contribution is -2.43. The van der Waals surface area contributed by atoms with E-state index >= 15 is 0 Å². The van der Waals surface area contributed by atoms with Gasteiger partial charge in [0.15, 0.2) is 0 Å². The number of halogens is 1. The van der Waals surface area contributed by atoms with E-state index in [-0.39, 0.29) is 12.5 Å². The molecule has 3 aromatic rings. The Kier molecular flexibility index (Phi) is 8.54.